The summed E-state index contributed by atoms with van der Waals surface area (Å²) in [5.41, 5.74) is 0.366. The monoisotopic (exact) mass is 297 g/mol. The van der Waals surface area contributed by atoms with Crippen molar-refractivity contribution in [2.24, 2.45) is 0 Å². The van der Waals surface area contributed by atoms with Crippen molar-refractivity contribution in [2.45, 2.75) is 45.5 Å². The zero-order chi connectivity index (χ0) is 15.0. The second-order valence-corrected chi connectivity index (χ2v) is 6.69. The molecule has 1 aliphatic rings. The first-order chi connectivity index (χ1) is 9.29. The third-order valence-corrected chi connectivity index (χ3v) is 4.62. The van der Waals surface area contributed by atoms with E-state index in [4.69, 9.17) is 14.4 Å². The van der Waals surface area contributed by atoms with E-state index in [0.29, 0.717) is 16.2 Å². The van der Waals surface area contributed by atoms with Gasteiger partial charge >= 0.3 is 7.12 Å². The lowest BCUT2D eigenvalue weighted by atomic mass is 9.78. The van der Waals surface area contributed by atoms with E-state index in [1.54, 1.807) is 11.5 Å². The zero-order valence-corrected chi connectivity index (χ0v) is 13.0. The molecule has 20 heavy (non-hydrogen) atoms. The molecular formula is C13H20BNO4S. The minimum absolute atomic E-state index is 0.0880. The molecule has 7 heteroatoms. The molecule has 0 aromatic carbocycles. The standard InChI is InChI=1S/C13H20BNO4S/c1-12(2)13(3,4)19-14(18-12)9(6-16)5-11-15-10(7-17)8-20-11/h5,8,16-17H,6-7H2,1-4H3. The maximum absolute atomic E-state index is 9.55. The Bertz CT molecular complexity index is 496. The van der Waals surface area contributed by atoms with E-state index >= 15 is 0 Å². The summed E-state index contributed by atoms with van der Waals surface area (Å²) in [6, 6.07) is 0. The molecular weight excluding hydrogens is 277 g/mol. The molecule has 0 spiro atoms. The van der Waals surface area contributed by atoms with E-state index in [9.17, 15) is 5.11 Å². The molecule has 0 amide bonds. The maximum Gasteiger partial charge on any atom is 0.493 e. The van der Waals surface area contributed by atoms with Crippen LogP contribution in [0.3, 0.4) is 0 Å². The van der Waals surface area contributed by atoms with E-state index in [1.807, 2.05) is 27.7 Å². The Morgan fingerprint density at radius 1 is 1.30 bits per heavy atom. The smallest absolute Gasteiger partial charge is 0.400 e. The topological polar surface area (TPSA) is 71.8 Å². The minimum Gasteiger partial charge on any atom is -0.400 e. The number of aliphatic hydroxyl groups excluding tert-OH is 2. The molecule has 0 bridgehead atoms. The highest BCUT2D eigenvalue weighted by Gasteiger charge is 2.52. The summed E-state index contributed by atoms with van der Waals surface area (Å²) < 4.78 is 11.8. The Kier molecular flexibility index (Phi) is 4.37. The SMILES string of the molecule is CC1(C)OB(C(=Cc2nc(CO)cs2)CO)OC1(C)C. The molecule has 0 radical (unpaired) electrons. The van der Waals surface area contributed by atoms with Crippen LogP contribution in [0.25, 0.3) is 6.08 Å². The summed E-state index contributed by atoms with van der Waals surface area (Å²) in [7, 11) is -0.577. The van der Waals surface area contributed by atoms with E-state index in [0.717, 1.165) is 0 Å². The molecule has 0 saturated carbocycles. The van der Waals surface area contributed by atoms with Crippen LogP contribution >= 0.6 is 11.3 Å². The molecule has 110 valence electrons. The molecule has 5 nitrogen and oxygen atoms in total. The van der Waals surface area contributed by atoms with Crippen molar-refractivity contribution in [1.82, 2.24) is 4.98 Å². The van der Waals surface area contributed by atoms with Crippen LogP contribution in [0.15, 0.2) is 10.9 Å². The third kappa shape index (κ3) is 2.97. The zero-order valence-electron chi connectivity index (χ0n) is 12.2. The van der Waals surface area contributed by atoms with Crippen LogP contribution in [0.5, 0.6) is 0 Å². The number of nitrogens with zero attached hydrogens (tertiary/aromatic N) is 1. The van der Waals surface area contributed by atoms with Crippen molar-refractivity contribution in [2.75, 3.05) is 6.61 Å². The van der Waals surface area contributed by atoms with E-state index in [-0.39, 0.29) is 13.2 Å². The fourth-order valence-electron chi connectivity index (χ4n) is 1.80. The average molecular weight is 297 g/mol. The normalized spacial score (nSPS) is 21.5. The van der Waals surface area contributed by atoms with Crippen molar-refractivity contribution >= 4 is 24.5 Å². The number of rotatable bonds is 4. The minimum atomic E-state index is -0.577. The summed E-state index contributed by atoms with van der Waals surface area (Å²) in [5.74, 6) is 0. The Morgan fingerprint density at radius 3 is 2.35 bits per heavy atom. The predicted octanol–water partition coefficient (Wildman–Crippen LogP) is 1.64. The average Bonchev–Trinajstić information content (AvgIpc) is 2.89. The molecule has 1 aliphatic heterocycles. The van der Waals surface area contributed by atoms with Crippen LogP contribution in [-0.4, -0.2) is 40.1 Å². The van der Waals surface area contributed by atoms with E-state index in [1.165, 1.54) is 11.3 Å². The van der Waals surface area contributed by atoms with Gasteiger partial charge in [0, 0.05) is 5.38 Å². The Hall–Kier alpha value is -0.725. The fraction of sp³-hybridized carbons (Fsp3) is 0.615. The third-order valence-electron chi connectivity index (χ3n) is 3.78. The Balaban J connectivity index is 2.21. The van der Waals surface area contributed by atoms with E-state index < -0.39 is 18.3 Å². The van der Waals surface area contributed by atoms with Crippen molar-refractivity contribution in [3.63, 3.8) is 0 Å². The lowest BCUT2D eigenvalue weighted by Gasteiger charge is -2.32. The first kappa shape index (κ1) is 15.7. The fourth-order valence-corrected chi connectivity index (χ4v) is 2.58. The molecule has 1 saturated heterocycles. The number of thiazole rings is 1. The molecule has 1 fully saturated rings. The van der Waals surface area contributed by atoms with Crippen molar-refractivity contribution < 1.29 is 19.5 Å². The van der Waals surface area contributed by atoms with Gasteiger partial charge in [-0.25, -0.2) is 4.98 Å². The van der Waals surface area contributed by atoms with Gasteiger partial charge in [-0.05, 0) is 39.2 Å². The molecule has 0 unspecified atom stereocenters. The van der Waals surface area contributed by atoms with Gasteiger partial charge in [-0.15, -0.1) is 11.3 Å². The van der Waals surface area contributed by atoms with Gasteiger partial charge in [-0.2, -0.15) is 0 Å². The van der Waals surface area contributed by atoms with Crippen molar-refractivity contribution in [3.05, 3.63) is 21.6 Å². The summed E-state index contributed by atoms with van der Waals surface area (Å²) in [5, 5.41) is 21.1. The molecule has 1 aromatic rings. The second kappa shape index (κ2) is 5.58. The summed E-state index contributed by atoms with van der Waals surface area (Å²) in [6.45, 7) is 7.62. The van der Waals surface area contributed by atoms with Gasteiger partial charge in [0.1, 0.15) is 5.01 Å². The largest absolute Gasteiger partial charge is 0.493 e. The molecule has 2 rings (SSSR count). The lowest BCUT2D eigenvalue weighted by Crippen LogP contribution is -2.41. The highest BCUT2D eigenvalue weighted by Crippen LogP contribution is 2.38. The maximum atomic E-state index is 9.55. The molecule has 2 N–H and O–H groups in total. The van der Waals surface area contributed by atoms with Gasteiger partial charge in [0.2, 0.25) is 0 Å². The lowest BCUT2D eigenvalue weighted by molar-refractivity contribution is 0.00578. The van der Waals surface area contributed by atoms with Crippen LogP contribution in [0, 0.1) is 0 Å². The van der Waals surface area contributed by atoms with E-state index in [2.05, 4.69) is 4.98 Å². The Labute approximate surface area is 123 Å². The molecule has 0 aliphatic carbocycles. The molecule has 1 aromatic heterocycles. The first-order valence-corrected chi connectivity index (χ1v) is 7.39. The van der Waals surface area contributed by atoms with Gasteiger partial charge in [-0.1, -0.05) is 0 Å². The van der Waals surface area contributed by atoms with Gasteiger partial charge in [0.25, 0.3) is 0 Å². The van der Waals surface area contributed by atoms with Gasteiger partial charge in [0.15, 0.2) is 0 Å². The second-order valence-electron chi connectivity index (χ2n) is 5.80. The number of aromatic nitrogens is 1. The predicted molar refractivity (Wildman–Crippen MR) is 79.2 cm³/mol. The highest BCUT2D eigenvalue weighted by molar-refractivity contribution is 7.10. The van der Waals surface area contributed by atoms with Crippen molar-refractivity contribution in [3.8, 4) is 0 Å². The van der Waals surface area contributed by atoms with Gasteiger partial charge < -0.3 is 19.5 Å². The highest BCUT2D eigenvalue weighted by atomic mass is 32.1. The molecule has 2 heterocycles. The summed E-state index contributed by atoms with van der Waals surface area (Å²) in [6.07, 6.45) is 1.76. The van der Waals surface area contributed by atoms with Gasteiger partial charge in [0.05, 0.1) is 30.1 Å². The molecule has 0 atom stereocenters. The van der Waals surface area contributed by atoms with Crippen molar-refractivity contribution in [1.29, 1.82) is 0 Å². The van der Waals surface area contributed by atoms with Crippen LogP contribution in [0.1, 0.15) is 38.4 Å². The quantitative estimate of drug-likeness (QED) is 0.827. The summed E-state index contributed by atoms with van der Waals surface area (Å²) in [4.78, 5) is 4.23. The van der Waals surface area contributed by atoms with Gasteiger partial charge in [-0.3, -0.25) is 0 Å². The van der Waals surface area contributed by atoms with Crippen LogP contribution in [0.2, 0.25) is 0 Å². The van der Waals surface area contributed by atoms with Crippen LogP contribution in [-0.2, 0) is 15.9 Å². The van der Waals surface area contributed by atoms with Crippen LogP contribution in [0.4, 0.5) is 0 Å². The Morgan fingerprint density at radius 2 is 1.90 bits per heavy atom. The number of hydrogen-bond acceptors (Lipinski definition) is 6. The van der Waals surface area contributed by atoms with Crippen LogP contribution < -0.4 is 0 Å². The first-order valence-electron chi connectivity index (χ1n) is 6.51. The number of hydrogen-bond donors (Lipinski definition) is 2. The number of aliphatic hydroxyl groups is 2. The summed E-state index contributed by atoms with van der Waals surface area (Å²) >= 11 is 1.41.